The molecule has 3 N–H and O–H groups in total. The Morgan fingerprint density at radius 2 is 2.04 bits per heavy atom. The van der Waals surface area contributed by atoms with Crippen molar-refractivity contribution in [3.63, 3.8) is 0 Å². The average Bonchev–Trinajstić information content (AvgIpc) is 2.63. The Morgan fingerprint density at radius 1 is 1.37 bits per heavy atom. The number of rotatable bonds is 9. The van der Waals surface area contributed by atoms with Crippen LogP contribution < -0.4 is 9.61 Å². The molecule has 0 saturated carbocycles. The maximum absolute atomic E-state index is 13.0. The van der Waals surface area contributed by atoms with Crippen LogP contribution in [-0.2, 0) is 20.5 Å². The predicted molar refractivity (Wildman–Crippen MR) is 95.7 cm³/mol. The van der Waals surface area contributed by atoms with Crippen LogP contribution in [0.25, 0.3) is 0 Å². The first kappa shape index (κ1) is 20.6. The third-order valence-corrected chi connectivity index (χ3v) is 5.18. The third kappa shape index (κ3) is 5.37. The zero-order chi connectivity index (χ0) is 20.0. The van der Waals surface area contributed by atoms with Crippen LogP contribution in [0.1, 0.15) is 28.5 Å². The lowest BCUT2D eigenvalue weighted by molar-refractivity contribution is -0.138. The zero-order valence-corrected chi connectivity index (χ0v) is 15.6. The number of pyridine rings is 1. The van der Waals surface area contributed by atoms with E-state index < -0.39 is 26.4 Å². The SMILES string of the molecule is Cc1ncc(CO[P@](=O)(NC(C)C(=O)O)Oc2ccccc2)c(C=O)c1O. The summed E-state index contributed by atoms with van der Waals surface area (Å²) in [6.45, 7) is 2.40. The summed E-state index contributed by atoms with van der Waals surface area (Å²) < 4.78 is 23.7. The number of hydrogen-bond acceptors (Lipinski definition) is 7. The Balaban J connectivity index is 2.27. The summed E-state index contributed by atoms with van der Waals surface area (Å²) in [6.07, 6.45) is 1.73. The third-order valence-electron chi connectivity index (χ3n) is 3.56. The van der Waals surface area contributed by atoms with Gasteiger partial charge in [-0.2, -0.15) is 5.09 Å². The number of aromatic hydroxyl groups is 1. The van der Waals surface area contributed by atoms with Crippen molar-refractivity contribution in [1.82, 2.24) is 10.1 Å². The molecule has 9 nitrogen and oxygen atoms in total. The fraction of sp³-hybridized carbons (Fsp3) is 0.235. The molecule has 0 saturated heterocycles. The second-order valence-corrected chi connectivity index (χ2v) is 7.31. The van der Waals surface area contributed by atoms with Gasteiger partial charge >= 0.3 is 13.7 Å². The summed E-state index contributed by atoms with van der Waals surface area (Å²) >= 11 is 0. The van der Waals surface area contributed by atoms with Crippen LogP contribution in [0.4, 0.5) is 0 Å². The molecule has 1 heterocycles. The van der Waals surface area contributed by atoms with E-state index in [9.17, 15) is 19.3 Å². The van der Waals surface area contributed by atoms with Gasteiger partial charge in [-0.05, 0) is 26.0 Å². The number of benzene rings is 1. The van der Waals surface area contributed by atoms with Crippen molar-refractivity contribution in [2.75, 3.05) is 0 Å². The van der Waals surface area contributed by atoms with Gasteiger partial charge in [-0.3, -0.25) is 19.1 Å². The van der Waals surface area contributed by atoms with Crippen LogP contribution >= 0.6 is 7.75 Å². The summed E-state index contributed by atoms with van der Waals surface area (Å²) in [5.41, 5.74) is 0.372. The highest BCUT2D eigenvalue weighted by molar-refractivity contribution is 7.52. The molecule has 0 fully saturated rings. The normalized spacial score (nSPS) is 14.1. The van der Waals surface area contributed by atoms with Gasteiger partial charge in [-0.15, -0.1) is 0 Å². The molecule has 0 amide bonds. The zero-order valence-electron chi connectivity index (χ0n) is 14.7. The van der Waals surface area contributed by atoms with Crippen LogP contribution in [0.15, 0.2) is 36.5 Å². The molecular formula is C17H19N2O7P. The molecule has 10 heteroatoms. The number of aldehydes is 1. The maximum Gasteiger partial charge on any atom is 0.459 e. The lowest BCUT2D eigenvalue weighted by atomic mass is 10.1. The molecule has 2 aromatic rings. The number of para-hydroxylation sites is 1. The van der Waals surface area contributed by atoms with Crippen molar-refractivity contribution in [2.24, 2.45) is 0 Å². The topological polar surface area (TPSA) is 135 Å². The highest BCUT2D eigenvalue weighted by Gasteiger charge is 2.32. The lowest BCUT2D eigenvalue weighted by Gasteiger charge is -2.22. The van der Waals surface area contributed by atoms with Crippen molar-refractivity contribution in [3.8, 4) is 11.5 Å². The van der Waals surface area contributed by atoms with Crippen LogP contribution in [0.5, 0.6) is 11.5 Å². The van der Waals surface area contributed by atoms with Crippen LogP contribution in [-0.4, -0.2) is 33.5 Å². The van der Waals surface area contributed by atoms with Crippen molar-refractivity contribution in [2.45, 2.75) is 26.5 Å². The van der Waals surface area contributed by atoms with E-state index in [1.54, 1.807) is 18.2 Å². The van der Waals surface area contributed by atoms with Gasteiger partial charge in [0.25, 0.3) is 0 Å². The Labute approximate surface area is 155 Å². The van der Waals surface area contributed by atoms with Gasteiger partial charge in [-0.1, -0.05) is 18.2 Å². The minimum atomic E-state index is -4.13. The minimum absolute atomic E-state index is 0.0555. The summed E-state index contributed by atoms with van der Waals surface area (Å²) in [6, 6.07) is 6.84. The number of nitrogens with one attached hydrogen (secondary N) is 1. The van der Waals surface area contributed by atoms with E-state index in [4.69, 9.17) is 14.2 Å². The molecule has 0 spiro atoms. The van der Waals surface area contributed by atoms with Crippen molar-refractivity contribution in [3.05, 3.63) is 53.3 Å². The number of nitrogens with zero attached hydrogens (tertiary/aromatic N) is 1. The quantitative estimate of drug-likeness (QED) is 0.433. The van der Waals surface area contributed by atoms with E-state index in [2.05, 4.69) is 10.1 Å². The number of carboxylic acids is 1. The van der Waals surface area contributed by atoms with Gasteiger partial charge in [0, 0.05) is 11.8 Å². The summed E-state index contributed by atoms with van der Waals surface area (Å²) in [4.78, 5) is 26.3. The fourth-order valence-electron chi connectivity index (χ4n) is 2.06. The number of aliphatic carboxylic acids is 1. The molecular weight excluding hydrogens is 375 g/mol. The molecule has 1 aromatic heterocycles. The van der Waals surface area contributed by atoms with E-state index in [1.165, 1.54) is 32.2 Å². The Morgan fingerprint density at radius 3 is 2.63 bits per heavy atom. The molecule has 0 aliphatic rings. The maximum atomic E-state index is 13.0. The molecule has 1 unspecified atom stereocenters. The van der Waals surface area contributed by atoms with E-state index in [-0.39, 0.29) is 28.3 Å². The van der Waals surface area contributed by atoms with Crippen molar-refractivity contribution in [1.29, 1.82) is 0 Å². The van der Waals surface area contributed by atoms with Crippen LogP contribution in [0.3, 0.4) is 0 Å². The number of aromatic nitrogens is 1. The minimum Gasteiger partial charge on any atom is -0.505 e. The van der Waals surface area contributed by atoms with Gasteiger partial charge < -0.3 is 14.7 Å². The Bertz CT molecular complexity index is 873. The van der Waals surface area contributed by atoms with E-state index in [0.717, 1.165) is 0 Å². The van der Waals surface area contributed by atoms with E-state index in [0.29, 0.717) is 6.29 Å². The molecule has 2 rings (SSSR count). The number of hydrogen-bond donors (Lipinski definition) is 3. The molecule has 2 atom stereocenters. The first-order valence-corrected chi connectivity index (χ1v) is 9.42. The summed E-state index contributed by atoms with van der Waals surface area (Å²) in [5.74, 6) is -1.36. The molecule has 144 valence electrons. The smallest absolute Gasteiger partial charge is 0.459 e. The Kier molecular flexibility index (Phi) is 6.68. The van der Waals surface area contributed by atoms with Crippen molar-refractivity contribution < 1.29 is 33.4 Å². The van der Waals surface area contributed by atoms with Gasteiger partial charge in [0.2, 0.25) is 0 Å². The van der Waals surface area contributed by atoms with Crippen LogP contribution in [0.2, 0.25) is 0 Å². The second kappa shape index (κ2) is 8.77. The van der Waals surface area contributed by atoms with Gasteiger partial charge in [-0.25, -0.2) is 4.57 Å². The van der Waals surface area contributed by atoms with E-state index in [1.807, 2.05) is 0 Å². The lowest BCUT2D eigenvalue weighted by Crippen LogP contribution is -2.33. The average molecular weight is 394 g/mol. The van der Waals surface area contributed by atoms with E-state index >= 15 is 0 Å². The Hall–Kier alpha value is -2.74. The highest BCUT2D eigenvalue weighted by Crippen LogP contribution is 2.46. The molecule has 0 radical (unpaired) electrons. The molecule has 1 aromatic carbocycles. The van der Waals surface area contributed by atoms with Crippen LogP contribution in [0, 0.1) is 6.92 Å². The largest absolute Gasteiger partial charge is 0.505 e. The monoisotopic (exact) mass is 394 g/mol. The van der Waals surface area contributed by atoms with Gasteiger partial charge in [0.1, 0.15) is 17.5 Å². The number of carbonyl (C=O) groups is 2. The van der Waals surface area contributed by atoms with Crippen molar-refractivity contribution >= 4 is 20.0 Å². The first-order valence-electron chi connectivity index (χ1n) is 7.88. The molecule has 0 aliphatic heterocycles. The predicted octanol–water partition coefficient (Wildman–Crippen LogP) is 2.67. The number of carbonyl (C=O) groups excluding carboxylic acids is 1. The number of carboxylic acid groups (broad SMARTS) is 1. The summed E-state index contributed by atoms with van der Waals surface area (Å²) in [7, 11) is -4.13. The molecule has 0 aliphatic carbocycles. The summed E-state index contributed by atoms with van der Waals surface area (Å²) in [5, 5.41) is 21.3. The van der Waals surface area contributed by atoms with Gasteiger partial charge in [0.15, 0.2) is 6.29 Å². The second-order valence-electron chi connectivity index (χ2n) is 5.61. The fourth-order valence-corrected chi connectivity index (χ4v) is 3.53. The highest BCUT2D eigenvalue weighted by atomic mass is 31.2. The number of aryl methyl sites for hydroxylation is 1. The molecule has 27 heavy (non-hydrogen) atoms. The first-order chi connectivity index (χ1) is 12.8. The standard InChI is InChI=1S/C17H19N2O7P/c1-11-16(21)15(9-20)13(8-18-11)10-25-27(24,19-12(2)17(22)23)26-14-6-4-3-5-7-14/h3-9,12,21H,10H2,1-2H3,(H,19,24)(H,22,23)/t12?,27-/m1/s1. The molecule has 0 bridgehead atoms. The van der Waals surface area contributed by atoms with Gasteiger partial charge in [0.05, 0.1) is 17.9 Å².